The summed E-state index contributed by atoms with van der Waals surface area (Å²) < 4.78 is 11.4. The predicted octanol–water partition coefficient (Wildman–Crippen LogP) is 2.39. The standard InChI is InChI=1S/C15H22N2O4/c1-11-8-14(4-5-15(11)17(18)19)20-7-6-16-9-12(2)21-13(3)10-16/h4-5,8,12-13H,6-7,9-10H2,1-3H3/t12-,13-/m0/s1. The Bertz CT molecular complexity index is 496. The Morgan fingerprint density at radius 1 is 1.38 bits per heavy atom. The molecule has 1 fully saturated rings. The maximum atomic E-state index is 10.8. The van der Waals surface area contributed by atoms with Gasteiger partial charge in [-0.25, -0.2) is 0 Å². The Labute approximate surface area is 124 Å². The van der Waals surface area contributed by atoms with Crippen LogP contribution in [-0.2, 0) is 4.74 Å². The third-order valence-corrected chi connectivity index (χ3v) is 3.54. The van der Waals surface area contributed by atoms with Gasteiger partial charge in [-0.3, -0.25) is 15.0 Å². The van der Waals surface area contributed by atoms with Gasteiger partial charge in [0.15, 0.2) is 0 Å². The summed E-state index contributed by atoms with van der Waals surface area (Å²) in [5.41, 5.74) is 0.740. The molecule has 0 N–H and O–H groups in total. The van der Waals surface area contributed by atoms with Gasteiger partial charge in [-0.05, 0) is 32.9 Å². The van der Waals surface area contributed by atoms with E-state index in [2.05, 4.69) is 18.7 Å². The maximum Gasteiger partial charge on any atom is 0.272 e. The molecule has 1 aromatic rings. The summed E-state index contributed by atoms with van der Waals surface area (Å²) in [6.45, 7) is 9.08. The summed E-state index contributed by atoms with van der Waals surface area (Å²) in [7, 11) is 0. The fourth-order valence-corrected chi connectivity index (χ4v) is 2.68. The van der Waals surface area contributed by atoms with Gasteiger partial charge in [0.2, 0.25) is 0 Å². The van der Waals surface area contributed by atoms with E-state index in [1.165, 1.54) is 6.07 Å². The van der Waals surface area contributed by atoms with Crippen LogP contribution in [0.5, 0.6) is 5.75 Å². The Hall–Kier alpha value is -1.66. The highest BCUT2D eigenvalue weighted by molar-refractivity contribution is 5.44. The van der Waals surface area contributed by atoms with Crippen molar-refractivity contribution in [2.45, 2.75) is 33.0 Å². The number of aryl methyl sites for hydroxylation is 1. The van der Waals surface area contributed by atoms with Crippen LogP contribution in [0.25, 0.3) is 0 Å². The average molecular weight is 294 g/mol. The summed E-state index contributed by atoms with van der Waals surface area (Å²) in [6.07, 6.45) is 0.491. The second kappa shape index (κ2) is 6.87. The van der Waals surface area contributed by atoms with Crippen LogP contribution in [-0.4, -0.2) is 48.3 Å². The van der Waals surface area contributed by atoms with E-state index in [0.29, 0.717) is 17.9 Å². The first kappa shape index (κ1) is 15.7. The molecule has 6 nitrogen and oxygen atoms in total. The average Bonchev–Trinajstić information content (AvgIpc) is 2.37. The molecule has 0 amide bonds. The van der Waals surface area contributed by atoms with Gasteiger partial charge in [0.05, 0.1) is 17.1 Å². The van der Waals surface area contributed by atoms with Crippen molar-refractivity contribution < 1.29 is 14.4 Å². The van der Waals surface area contributed by atoms with E-state index in [-0.39, 0.29) is 22.8 Å². The number of benzene rings is 1. The van der Waals surface area contributed by atoms with Crippen molar-refractivity contribution in [2.75, 3.05) is 26.2 Å². The topological polar surface area (TPSA) is 64.8 Å². The van der Waals surface area contributed by atoms with Gasteiger partial charge >= 0.3 is 0 Å². The normalized spacial score (nSPS) is 23.0. The molecule has 2 atom stereocenters. The number of nitrogens with zero attached hydrogens (tertiary/aromatic N) is 2. The molecule has 0 bridgehead atoms. The van der Waals surface area contributed by atoms with Gasteiger partial charge in [0.1, 0.15) is 12.4 Å². The highest BCUT2D eigenvalue weighted by atomic mass is 16.6. The monoisotopic (exact) mass is 294 g/mol. The first-order chi connectivity index (χ1) is 9.95. The van der Waals surface area contributed by atoms with Crippen molar-refractivity contribution >= 4 is 5.69 Å². The second-order valence-electron chi connectivity index (χ2n) is 5.57. The van der Waals surface area contributed by atoms with Gasteiger partial charge in [-0.2, -0.15) is 0 Å². The molecule has 0 saturated carbocycles. The Morgan fingerprint density at radius 2 is 2.05 bits per heavy atom. The van der Waals surface area contributed by atoms with E-state index in [4.69, 9.17) is 9.47 Å². The number of ether oxygens (including phenoxy) is 2. The predicted molar refractivity (Wildman–Crippen MR) is 79.8 cm³/mol. The molecule has 0 aromatic heterocycles. The van der Waals surface area contributed by atoms with Crippen molar-refractivity contribution in [1.82, 2.24) is 4.90 Å². The van der Waals surface area contributed by atoms with Crippen LogP contribution >= 0.6 is 0 Å². The molecule has 1 aliphatic heterocycles. The van der Waals surface area contributed by atoms with Crippen LogP contribution in [0.15, 0.2) is 18.2 Å². The van der Waals surface area contributed by atoms with Crippen LogP contribution in [0.1, 0.15) is 19.4 Å². The molecule has 0 aliphatic carbocycles. The Kier molecular flexibility index (Phi) is 5.14. The summed E-state index contributed by atoms with van der Waals surface area (Å²) in [5, 5.41) is 10.8. The molecule has 0 radical (unpaired) electrons. The van der Waals surface area contributed by atoms with E-state index in [0.717, 1.165) is 19.6 Å². The van der Waals surface area contributed by atoms with E-state index in [9.17, 15) is 10.1 Å². The zero-order valence-corrected chi connectivity index (χ0v) is 12.7. The molecular weight excluding hydrogens is 272 g/mol. The van der Waals surface area contributed by atoms with E-state index < -0.39 is 0 Å². The zero-order valence-electron chi connectivity index (χ0n) is 12.7. The van der Waals surface area contributed by atoms with Gasteiger partial charge in [0, 0.05) is 31.3 Å². The van der Waals surface area contributed by atoms with Gasteiger partial charge < -0.3 is 9.47 Å². The van der Waals surface area contributed by atoms with Crippen LogP contribution in [0.3, 0.4) is 0 Å². The molecule has 2 rings (SSSR count). The van der Waals surface area contributed by atoms with Crippen molar-refractivity contribution in [1.29, 1.82) is 0 Å². The van der Waals surface area contributed by atoms with Gasteiger partial charge in [0.25, 0.3) is 5.69 Å². The van der Waals surface area contributed by atoms with Crippen LogP contribution in [0.2, 0.25) is 0 Å². The number of hydrogen-bond donors (Lipinski definition) is 0. The number of rotatable bonds is 5. The third-order valence-electron chi connectivity index (χ3n) is 3.54. The number of nitro benzene ring substituents is 1. The minimum atomic E-state index is -0.379. The zero-order chi connectivity index (χ0) is 15.4. The molecule has 0 unspecified atom stereocenters. The Morgan fingerprint density at radius 3 is 2.62 bits per heavy atom. The Balaban J connectivity index is 1.83. The summed E-state index contributed by atoms with van der Waals surface area (Å²) >= 11 is 0. The lowest BCUT2D eigenvalue weighted by atomic mass is 10.2. The molecule has 116 valence electrons. The maximum absolute atomic E-state index is 10.8. The highest BCUT2D eigenvalue weighted by Gasteiger charge is 2.21. The quantitative estimate of drug-likeness (QED) is 0.616. The lowest BCUT2D eigenvalue weighted by Gasteiger charge is -2.35. The summed E-state index contributed by atoms with van der Waals surface area (Å²) in [6, 6.07) is 4.85. The second-order valence-corrected chi connectivity index (χ2v) is 5.57. The molecule has 1 heterocycles. The third kappa shape index (κ3) is 4.41. The van der Waals surface area contributed by atoms with Crippen LogP contribution in [0, 0.1) is 17.0 Å². The molecule has 1 saturated heterocycles. The first-order valence-electron chi connectivity index (χ1n) is 7.21. The fraction of sp³-hybridized carbons (Fsp3) is 0.600. The smallest absolute Gasteiger partial charge is 0.272 e. The van der Waals surface area contributed by atoms with E-state index in [1.807, 2.05) is 0 Å². The summed E-state index contributed by atoms with van der Waals surface area (Å²) in [5.74, 6) is 0.674. The molecule has 21 heavy (non-hydrogen) atoms. The number of nitro groups is 1. The lowest BCUT2D eigenvalue weighted by molar-refractivity contribution is -0.385. The minimum Gasteiger partial charge on any atom is -0.492 e. The minimum absolute atomic E-state index is 0.123. The van der Waals surface area contributed by atoms with Crippen molar-refractivity contribution in [3.05, 3.63) is 33.9 Å². The largest absolute Gasteiger partial charge is 0.492 e. The van der Waals surface area contributed by atoms with Gasteiger partial charge in [-0.1, -0.05) is 0 Å². The van der Waals surface area contributed by atoms with Gasteiger partial charge in [-0.15, -0.1) is 0 Å². The van der Waals surface area contributed by atoms with Crippen molar-refractivity contribution in [2.24, 2.45) is 0 Å². The van der Waals surface area contributed by atoms with E-state index >= 15 is 0 Å². The fourth-order valence-electron chi connectivity index (χ4n) is 2.68. The molecule has 6 heteroatoms. The first-order valence-corrected chi connectivity index (χ1v) is 7.21. The molecular formula is C15H22N2O4. The van der Waals surface area contributed by atoms with Crippen LogP contribution < -0.4 is 4.74 Å². The van der Waals surface area contributed by atoms with E-state index in [1.54, 1.807) is 19.1 Å². The summed E-state index contributed by atoms with van der Waals surface area (Å²) in [4.78, 5) is 12.7. The molecule has 1 aromatic carbocycles. The van der Waals surface area contributed by atoms with Crippen molar-refractivity contribution in [3.8, 4) is 5.75 Å². The number of hydrogen-bond acceptors (Lipinski definition) is 5. The molecule has 0 spiro atoms. The SMILES string of the molecule is Cc1cc(OCCN2C[C@H](C)O[C@@H](C)C2)ccc1[N+](=O)[O-]. The highest BCUT2D eigenvalue weighted by Crippen LogP contribution is 2.23. The molecule has 1 aliphatic rings. The number of morpholine rings is 1. The van der Waals surface area contributed by atoms with Crippen molar-refractivity contribution in [3.63, 3.8) is 0 Å². The lowest BCUT2D eigenvalue weighted by Crippen LogP contribution is -2.46. The van der Waals surface area contributed by atoms with Crippen LogP contribution in [0.4, 0.5) is 5.69 Å².